The van der Waals surface area contributed by atoms with Crippen LogP contribution in [0.5, 0.6) is 0 Å². The Morgan fingerprint density at radius 2 is 1.95 bits per heavy atom. The minimum absolute atomic E-state index is 0.0310. The third-order valence-corrected chi connectivity index (χ3v) is 3.70. The van der Waals surface area contributed by atoms with Gasteiger partial charge in [0, 0.05) is 12.1 Å². The third-order valence-electron chi connectivity index (χ3n) is 3.70. The van der Waals surface area contributed by atoms with E-state index in [0.717, 1.165) is 37.8 Å². The van der Waals surface area contributed by atoms with Crippen LogP contribution in [0.1, 0.15) is 43.0 Å². The number of rotatable bonds is 5. The van der Waals surface area contributed by atoms with Gasteiger partial charge < -0.3 is 11.1 Å². The summed E-state index contributed by atoms with van der Waals surface area (Å²) in [4.78, 5) is 11.9. The second-order valence-electron chi connectivity index (χ2n) is 5.29. The molecule has 0 saturated heterocycles. The third kappa shape index (κ3) is 3.03. The van der Waals surface area contributed by atoms with Crippen molar-refractivity contribution in [2.24, 2.45) is 5.41 Å². The summed E-state index contributed by atoms with van der Waals surface area (Å²) in [5.74, 6) is -2.26. The van der Waals surface area contributed by atoms with Crippen molar-refractivity contribution in [2.45, 2.75) is 32.6 Å². The predicted molar refractivity (Wildman–Crippen MR) is 69.7 cm³/mol. The number of nitrogens with two attached hydrogens (primary N) is 1. The quantitative estimate of drug-likeness (QED) is 0.807. The summed E-state index contributed by atoms with van der Waals surface area (Å²) in [6, 6.07) is 1.93. The van der Waals surface area contributed by atoms with Gasteiger partial charge in [-0.15, -0.1) is 0 Å². The van der Waals surface area contributed by atoms with E-state index in [1.54, 1.807) is 0 Å². The molecule has 3 nitrogen and oxygen atoms in total. The number of hydrogen-bond donors (Lipinski definition) is 2. The van der Waals surface area contributed by atoms with Gasteiger partial charge in [-0.1, -0.05) is 13.3 Å². The summed E-state index contributed by atoms with van der Waals surface area (Å²) < 4.78 is 26.5. The van der Waals surface area contributed by atoms with Gasteiger partial charge in [-0.2, -0.15) is 0 Å². The van der Waals surface area contributed by atoms with Crippen LogP contribution in [0, 0.1) is 17.0 Å². The first-order valence-corrected chi connectivity index (χ1v) is 6.50. The van der Waals surface area contributed by atoms with E-state index in [-0.39, 0.29) is 11.0 Å². The second kappa shape index (κ2) is 5.15. The van der Waals surface area contributed by atoms with Gasteiger partial charge in [0.25, 0.3) is 5.91 Å². The van der Waals surface area contributed by atoms with E-state index < -0.39 is 23.2 Å². The molecule has 19 heavy (non-hydrogen) atoms. The van der Waals surface area contributed by atoms with Crippen LogP contribution in [0.4, 0.5) is 14.5 Å². The zero-order valence-electron chi connectivity index (χ0n) is 10.9. The van der Waals surface area contributed by atoms with Crippen molar-refractivity contribution >= 4 is 11.6 Å². The van der Waals surface area contributed by atoms with Crippen LogP contribution in [0.15, 0.2) is 12.1 Å². The molecule has 0 aliphatic heterocycles. The van der Waals surface area contributed by atoms with E-state index in [1.807, 2.05) is 0 Å². The first-order valence-electron chi connectivity index (χ1n) is 6.50. The van der Waals surface area contributed by atoms with Gasteiger partial charge in [-0.25, -0.2) is 8.78 Å². The van der Waals surface area contributed by atoms with Crippen LogP contribution in [-0.4, -0.2) is 12.5 Å². The molecule has 0 unspecified atom stereocenters. The summed E-state index contributed by atoms with van der Waals surface area (Å²) in [7, 11) is 0. The summed E-state index contributed by atoms with van der Waals surface area (Å²) in [6.07, 6.45) is 4.34. The Kier molecular flexibility index (Phi) is 3.73. The average Bonchev–Trinajstić information content (AvgIpc) is 3.13. The number of benzene rings is 1. The molecule has 104 valence electrons. The molecule has 2 rings (SSSR count). The van der Waals surface area contributed by atoms with Gasteiger partial charge in [-0.05, 0) is 36.8 Å². The van der Waals surface area contributed by atoms with Crippen LogP contribution in [0.3, 0.4) is 0 Å². The molecule has 5 heteroatoms. The lowest BCUT2D eigenvalue weighted by Gasteiger charge is -2.15. The minimum Gasteiger partial charge on any atom is -0.394 e. The van der Waals surface area contributed by atoms with Crippen molar-refractivity contribution in [3.05, 3.63) is 29.3 Å². The van der Waals surface area contributed by atoms with E-state index in [0.29, 0.717) is 6.54 Å². The normalized spacial score (nSPS) is 16.2. The van der Waals surface area contributed by atoms with Crippen molar-refractivity contribution in [3.63, 3.8) is 0 Å². The predicted octanol–water partition coefficient (Wildman–Crippen LogP) is 2.86. The fraction of sp³-hybridized carbons (Fsp3) is 0.500. The molecule has 0 atom stereocenters. The molecular formula is C14H18F2N2O. The highest BCUT2D eigenvalue weighted by molar-refractivity contribution is 5.94. The molecule has 0 radical (unpaired) electrons. The van der Waals surface area contributed by atoms with Gasteiger partial charge >= 0.3 is 0 Å². The molecule has 0 heterocycles. The Morgan fingerprint density at radius 3 is 2.42 bits per heavy atom. The number of amides is 1. The number of carbonyl (C=O) groups excluding carboxylic acids is 1. The summed E-state index contributed by atoms with van der Waals surface area (Å²) >= 11 is 0. The lowest BCUT2D eigenvalue weighted by Crippen LogP contribution is -2.30. The standard InChI is InChI=1S/C14H18F2N2O/c1-2-3-14(4-5-14)8-18-13(19)9-6-10(15)12(17)11(16)7-9/h6-7H,2-5,8,17H2,1H3,(H,18,19). The van der Waals surface area contributed by atoms with Gasteiger partial charge in [0.1, 0.15) is 17.3 Å². The van der Waals surface area contributed by atoms with E-state index in [9.17, 15) is 13.6 Å². The fourth-order valence-electron chi connectivity index (χ4n) is 2.31. The van der Waals surface area contributed by atoms with Crippen LogP contribution < -0.4 is 11.1 Å². The number of nitrogen functional groups attached to an aromatic ring is 1. The SMILES string of the molecule is CCCC1(CNC(=O)c2cc(F)c(N)c(F)c2)CC1. The van der Waals surface area contributed by atoms with Crippen LogP contribution >= 0.6 is 0 Å². The molecule has 0 aromatic heterocycles. The molecule has 1 aliphatic carbocycles. The van der Waals surface area contributed by atoms with Crippen molar-refractivity contribution in [2.75, 3.05) is 12.3 Å². The molecule has 1 saturated carbocycles. The maximum absolute atomic E-state index is 13.3. The van der Waals surface area contributed by atoms with Gasteiger partial charge in [0.05, 0.1) is 0 Å². The lowest BCUT2D eigenvalue weighted by atomic mass is 10.0. The average molecular weight is 268 g/mol. The number of anilines is 1. The maximum Gasteiger partial charge on any atom is 0.251 e. The highest BCUT2D eigenvalue weighted by Crippen LogP contribution is 2.48. The van der Waals surface area contributed by atoms with E-state index in [4.69, 9.17) is 5.73 Å². The Hall–Kier alpha value is -1.65. The van der Waals surface area contributed by atoms with E-state index >= 15 is 0 Å². The number of nitrogens with one attached hydrogen (secondary N) is 1. The van der Waals surface area contributed by atoms with Crippen molar-refractivity contribution in [1.82, 2.24) is 5.32 Å². The topological polar surface area (TPSA) is 55.1 Å². The zero-order valence-corrected chi connectivity index (χ0v) is 10.9. The van der Waals surface area contributed by atoms with Gasteiger partial charge in [0.15, 0.2) is 0 Å². The Bertz CT molecular complexity index is 475. The molecule has 1 amide bonds. The zero-order chi connectivity index (χ0) is 14.0. The van der Waals surface area contributed by atoms with E-state index in [2.05, 4.69) is 12.2 Å². The minimum atomic E-state index is -0.903. The van der Waals surface area contributed by atoms with Crippen molar-refractivity contribution in [3.8, 4) is 0 Å². The van der Waals surface area contributed by atoms with Crippen molar-refractivity contribution < 1.29 is 13.6 Å². The van der Waals surface area contributed by atoms with Gasteiger partial charge in [-0.3, -0.25) is 4.79 Å². The summed E-state index contributed by atoms with van der Waals surface area (Å²) in [6.45, 7) is 2.67. The van der Waals surface area contributed by atoms with Crippen LogP contribution in [-0.2, 0) is 0 Å². The molecule has 1 fully saturated rings. The molecule has 1 aromatic rings. The molecule has 1 aliphatic rings. The number of halogens is 2. The van der Waals surface area contributed by atoms with Gasteiger partial charge in [0.2, 0.25) is 0 Å². The fourth-order valence-corrected chi connectivity index (χ4v) is 2.31. The monoisotopic (exact) mass is 268 g/mol. The molecule has 1 aromatic carbocycles. The Morgan fingerprint density at radius 1 is 1.37 bits per heavy atom. The highest BCUT2D eigenvalue weighted by atomic mass is 19.1. The highest BCUT2D eigenvalue weighted by Gasteiger charge is 2.41. The summed E-state index contributed by atoms with van der Waals surface area (Å²) in [5, 5.41) is 2.75. The molecule has 3 N–H and O–H groups in total. The summed E-state index contributed by atoms with van der Waals surface area (Å²) in [5.41, 5.74) is 4.78. The molecular weight excluding hydrogens is 250 g/mol. The lowest BCUT2D eigenvalue weighted by molar-refractivity contribution is 0.0943. The first kappa shape index (κ1) is 13.8. The molecule has 0 bridgehead atoms. The Labute approximate surface area is 111 Å². The smallest absolute Gasteiger partial charge is 0.251 e. The van der Waals surface area contributed by atoms with E-state index in [1.165, 1.54) is 0 Å². The van der Waals surface area contributed by atoms with Crippen LogP contribution in [0.2, 0.25) is 0 Å². The number of carbonyl (C=O) groups is 1. The maximum atomic E-state index is 13.3. The Balaban J connectivity index is 2.01. The first-order chi connectivity index (χ1) is 8.97. The van der Waals surface area contributed by atoms with Crippen LogP contribution in [0.25, 0.3) is 0 Å². The second-order valence-corrected chi connectivity index (χ2v) is 5.29. The number of hydrogen-bond acceptors (Lipinski definition) is 2. The molecule has 0 spiro atoms. The largest absolute Gasteiger partial charge is 0.394 e. The van der Waals surface area contributed by atoms with Crippen molar-refractivity contribution in [1.29, 1.82) is 0 Å².